The fourth-order valence-electron chi connectivity index (χ4n) is 4.35. The first-order valence-electron chi connectivity index (χ1n) is 9.59. The Morgan fingerprint density at radius 1 is 1.08 bits per heavy atom. The first-order chi connectivity index (χ1) is 11.8. The monoisotopic (exact) mass is 331 g/mol. The van der Waals surface area contributed by atoms with Crippen molar-refractivity contribution in [3.63, 3.8) is 0 Å². The number of nitrogens with two attached hydrogens (primary N) is 1. The van der Waals surface area contributed by atoms with Crippen molar-refractivity contribution in [3.8, 4) is 0 Å². The van der Waals surface area contributed by atoms with Crippen molar-refractivity contribution in [2.24, 2.45) is 5.73 Å². The quantitative estimate of drug-likeness (QED) is 0.869. The van der Waals surface area contributed by atoms with Gasteiger partial charge in [0.15, 0.2) is 0 Å². The minimum absolute atomic E-state index is 0.213. The third-order valence-electron chi connectivity index (χ3n) is 5.93. The van der Waals surface area contributed by atoms with Crippen LogP contribution in [0.5, 0.6) is 0 Å². The van der Waals surface area contributed by atoms with E-state index in [1.807, 2.05) is 0 Å². The van der Waals surface area contributed by atoms with Gasteiger partial charge < -0.3 is 10.5 Å². The van der Waals surface area contributed by atoms with E-state index in [4.69, 9.17) is 10.5 Å². The molecule has 0 aromatic heterocycles. The molecule has 0 unspecified atom stereocenters. The lowest BCUT2D eigenvalue weighted by atomic mass is 9.83. The van der Waals surface area contributed by atoms with Gasteiger partial charge in [0.25, 0.3) is 0 Å². The lowest BCUT2D eigenvalue weighted by Gasteiger charge is -2.50. The average Bonchev–Trinajstić information content (AvgIpc) is 2.64. The van der Waals surface area contributed by atoms with Crippen molar-refractivity contribution < 1.29 is 4.74 Å². The first kappa shape index (κ1) is 17.9. The van der Waals surface area contributed by atoms with Crippen molar-refractivity contribution in [1.29, 1.82) is 0 Å². The lowest BCUT2D eigenvalue weighted by Crippen LogP contribution is -2.61. The number of nitrogens with zero attached hydrogens (tertiary/aromatic N) is 2. The molecule has 0 radical (unpaired) electrons. The largest absolute Gasteiger partial charge is 0.378 e. The Morgan fingerprint density at radius 2 is 1.75 bits per heavy atom. The number of ether oxygens (including phenoxy) is 1. The Bertz CT molecular complexity index is 477. The maximum atomic E-state index is 6.27. The van der Waals surface area contributed by atoms with E-state index < -0.39 is 0 Å². The average molecular weight is 332 g/mol. The molecule has 24 heavy (non-hydrogen) atoms. The molecule has 2 saturated heterocycles. The molecular weight excluding hydrogens is 298 g/mol. The minimum Gasteiger partial charge on any atom is -0.378 e. The molecule has 0 amide bonds. The molecule has 0 bridgehead atoms. The van der Waals surface area contributed by atoms with Gasteiger partial charge in [-0.25, -0.2) is 0 Å². The zero-order valence-electron chi connectivity index (χ0n) is 15.1. The summed E-state index contributed by atoms with van der Waals surface area (Å²) in [5.74, 6) is 0. The van der Waals surface area contributed by atoms with Gasteiger partial charge in [-0.3, -0.25) is 9.80 Å². The number of hydrogen-bond acceptors (Lipinski definition) is 4. The van der Waals surface area contributed by atoms with Crippen LogP contribution in [0.25, 0.3) is 0 Å². The topological polar surface area (TPSA) is 41.7 Å². The van der Waals surface area contributed by atoms with Gasteiger partial charge in [-0.2, -0.15) is 0 Å². The summed E-state index contributed by atoms with van der Waals surface area (Å²) >= 11 is 0. The van der Waals surface area contributed by atoms with E-state index in [-0.39, 0.29) is 5.54 Å². The van der Waals surface area contributed by atoms with Crippen molar-refractivity contribution in [1.82, 2.24) is 9.80 Å². The number of piperidine rings is 2. The van der Waals surface area contributed by atoms with Gasteiger partial charge in [0.2, 0.25) is 0 Å². The number of rotatable bonds is 6. The van der Waals surface area contributed by atoms with Crippen molar-refractivity contribution in [3.05, 3.63) is 35.9 Å². The second-order valence-electron chi connectivity index (χ2n) is 7.33. The van der Waals surface area contributed by atoms with E-state index in [9.17, 15) is 0 Å². The highest BCUT2D eigenvalue weighted by Gasteiger charge is 2.40. The maximum absolute atomic E-state index is 6.27. The van der Waals surface area contributed by atoms with Crippen molar-refractivity contribution >= 4 is 0 Å². The zero-order valence-corrected chi connectivity index (χ0v) is 15.1. The van der Waals surface area contributed by atoms with E-state index in [2.05, 4.69) is 47.1 Å². The Hall–Kier alpha value is -0.940. The van der Waals surface area contributed by atoms with Crippen LogP contribution in [0.15, 0.2) is 30.3 Å². The van der Waals surface area contributed by atoms with Crippen LogP contribution in [0.3, 0.4) is 0 Å². The number of benzene rings is 1. The first-order valence-corrected chi connectivity index (χ1v) is 9.59. The van der Waals surface area contributed by atoms with Gasteiger partial charge in [0, 0.05) is 51.4 Å². The van der Waals surface area contributed by atoms with Gasteiger partial charge in [-0.15, -0.1) is 0 Å². The van der Waals surface area contributed by atoms with Crippen LogP contribution in [-0.2, 0) is 11.3 Å². The molecule has 0 spiro atoms. The standard InChI is InChI=1S/C20H33N3O/c1-2-24-19-8-12-23(13-9-19)20(17-21)10-14-22(15-11-20)16-18-6-4-3-5-7-18/h3-7,19H,2,8-17,21H2,1H3. The van der Waals surface area contributed by atoms with Gasteiger partial charge in [-0.05, 0) is 38.2 Å². The molecule has 2 N–H and O–H groups in total. The minimum atomic E-state index is 0.213. The van der Waals surface area contributed by atoms with Crippen LogP contribution in [0.1, 0.15) is 38.2 Å². The molecule has 1 aromatic rings. The molecule has 3 rings (SSSR count). The molecule has 4 heteroatoms. The Balaban J connectivity index is 1.52. The van der Waals surface area contributed by atoms with Crippen LogP contribution >= 0.6 is 0 Å². The molecule has 4 nitrogen and oxygen atoms in total. The third-order valence-corrected chi connectivity index (χ3v) is 5.93. The maximum Gasteiger partial charge on any atom is 0.0599 e. The number of likely N-dealkylation sites (tertiary alicyclic amines) is 2. The highest BCUT2D eigenvalue weighted by Crippen LogP contribution is 2.31. The summed E-state index contributed by atoms with van der Waals surface area (Å²) in [5, 5.41) is 0. The summed E-state index contributed by atoms with van der Waals surface area (Å²) in [6.07, 6.45) is 5.15. The van der Waals surface area contributed by atoms with Crippen LogP contribution in [0.4, 0.5) is 0 Å². The fraction of sp³-hybridized carbons (Fsp3) is 0.700. The van der Waals surface area contributed by atoms with E-state index in [1.165, 1.54) is 18.4 Å². The number of hydrogen-bond donors (Lipinski definition) is 1. The highest BCUT2D eigenvalue weighted by molar-refractivity contribution is 5.14. The Kier molecular flexibility index (Phi) is 6.28. The van der Waals surface area contributed by atoms with E-state index >= 15 is 0 Å². The summed E-state index contributed by atoms with van der Waals surface area (Å²) in [6, 6.07) is 10.8. The van der Waals surface area contributed by atoms with Crippen molar-refractivity contribution in [2.75, 3.05) is 39.3 Å². The van der Waals surface area contributed by atoms with Gasteiger partial charge >= 0.3 is 0 Å². The van der Waals surface area contributed by atoms with Crippen LogP contribution < -0.4 is 5.73 Å². The van der Waals surface area contributed by atoms with Crippen molar-refractivity contribution in [2.45, 2.75) is 50.8 Å². The zero-order chi connectivity index (χ0) is 16.8. The Labute approximate surface area is 147 Å². The molecule has 2 heterocycles. The van der Waals surface area contributed by atoms with Crippen LogP contribution in [-0.4, -0.2) is 60.8 Å². The SMILES string of the molecule is CCOC1CCN(C2(CN)CCN(Cc3ccccc3)CC2)CC1. The molecule has 0 atom stereocenters. The second kappa shape index (κ2) is 8.43. The van der Waals surface area contributed by atoms with Gasteiger partial charge in [0.05, 0.1) is 6.10 Å². The third kappa shape index (κ3) is 4.17. The molecule has 134 valence electrons. The predicted octanol–water partition coefficient (Wildman–Crippen LogP) is 2.48. The molecule has 2 fully saturated rings. The molecule has 0 aliphatic carbocycles. The highest BCUT2D eigenvalue weighted by atomic mass is 16.5. The summed E-state index contributed by atoms with van der Waals surface area (Å²) < 4.78 is 5.80. The normalized spacial score (nSPS) is 23.4. The Morgan fingerprint density at radius 3 is 2.33 bits per heavy atom. The summed E-state index contributed by atoms with van der Waals surface area (Å²) in [7, 11) is 0. The molecule has 2 aliphatic heterocycles. The van der Waals surface area contributed by atoms with Crippen LogP contribution in [0.2, 0.25) is 0 Å². The van der Waals surface area contributed by atoms with E-state index in [0.29, 0.717) is 6.10 Å². The fourth-order valence-corrected chi connectivity index (χ4v) is 4.35. The van der Waals surface area contributed by atoms with Gasteiger partial charge in [0.1, 0.15) is 0 Å². The summed E-state index contributed by atoms with van der Waals surface area (Å²) in [5.41, 5.74) is 7.89. The predicted molar refractivity (Wildman–Crippen MR) is 99.0 cm³/mol. The second-order valence-corrected chi connectivity index (χ2v) is 7.33. The summed E-state index contributed by atoms with van der Waals surface area (Å²) in [6.45, 7) is 9.35. The molecule has 2 aliphatic rings. The summed E-state index contributed by atoms with van der Waals surface area (Å²) in [4.78, 5) is 5.25. The van der Waals surface area contributed by atoms with Crippen LogP contribution in [0, 0.1) is 0 Å². The van der Waals surface area contributed by atoms with Gasteiger partial charge in [-0.1, -0.05) is 30.3 Å². The molecule has 0 saturated carbocycles. The lowest BCUT2D eigenvalue weighted by molar-refractivity contribution is -0.0379. The van der Waals surface area contributed by atoms with E-state index in [1.54, 1.807) is 0 Å². The smallest absolute Gasteiger partial charge is 0.0599 e. The van der Waals surface area contributed by atoms with E-state index in [0.717, 1.165) is 58.7 Å². The molecule has 1 aromatic carbocycles. The molecular formula is C20H33N3O.